The summed E-state index contributed by atoms with van der Waals surface area (Å²) in [7, 11) is 0. The molecule has 0 rings (SSSR count). The van der Waals surface area contributed by atoms with Gasteiger partial charge in [0.15, 0.2) is 0 Å². The van der Waals surface area contributed by atoms with Crippen LogP contribution in [-0.4, -0.2) is 41.5 Å². The molecule has 13 heavy (non-hydrogen) atoms. The van der Waals surface area contributed by atoms with E-state index in [2.05, 4.69) is 4.74 Å². The van der Waals surface area contributed by atoms with Crippen LogP contribution in [0.1, 0.15) is 19.8 Å². The molecule has 0 heterocycles. The van der Waals surface area contributed by atoms with Crippen LogP contribution in [0.2, 0.25) is 0 Å². The molecule has 5 nitrogen and oxygen atoms in total. The molecule has 4 N–H and O–H groups in total. The van der Waals surface area contributed by atoms with Crippen molar-refractivity contribution in [3.8, 4) is 0 Å². The van der Waals surface area contributed by atoms with Gasteiger partial charge in [0.2, 0.25) is 0 Å². The maximum Gasteiger partial charge on any atom is 0.308 e. The molecule has 0 aliphatic carbocycles. The number of carbonyl (C=O) groups is 1. The Morgan fingerprint density at radius 1 is 1.62 bits per heavy atom. The number of rotatable bonds is 6. The van der Waals surface area contributed by atoms with Crippen LogP contribution in [0.25, 0.3) is 0 Å². The van der Waals surface area contributed by atoms with E-state index in [1.807, 2.05) is 6.92 Å². The van der Waals surface area contributed by atoms with Crippen molar-refractivity contribution in [2.75, 3.05) is 13.2 Å². The summed E-state index contributed by atoms with van der Waals surface area (Å²) in [5.41, 5.74) is 5.49. The number of aliphatic hydroxyl groups is 2. The first kappa shape index (κ1) is 12.3. The van der Waals surface area contributed by atoms with E-state index < -0.39 is 18.1 Å². The predicted molar refractivity (Wildman–Crippen MR) is 46.9 cm³/mol. The second-order valence-electron chi connectivity index (χ2n) is 2.79. The highest BCUT2D eigenvalue weighted by molar-refractivity contribution is 5.70. The van der Waals surface area contributed by atoms with Crippen LogP contribution < -0.4 is 5.73 Å². The Labute approximate surface area is 77.5 Å². The zero-order chi connectivity index (χ0) is 10.3. The molecule has 0 saturated carbocycles. The molecule has 0 fully saturated rings. The molecule has 0 spiro atoms. The van der Waals surface area contributed by atoms with Crippen molar-refractivity contribution in [1.29, 1.82) is 0 Å². The second-order valence-corrected chi connectivity index (χ2v) is 2.79. The fourth-order valence-corrected chi connectivity index (χ4v) is 0.813. The van der Waals surface area contributed by atoms with E-state index >= 15 is 0 Å². The van der Waals surface area contributed by atoms with E-state index in [-0.39, 0.29) is 19.6 Å². The molecule has 0 saturated heterocycles. The normalized spacial score (nSPS) is 15.1. The molecule has 78 valence electrons. The zero-order valence-electron chi connectivity index (χ0n) is 7.77. The molecule has 2 atom stereocenters. The van der Waals surface area contributed by atoms with Crippen molar-refractivity contribution in [3.63, 3.8) is 0 Å². The third kappa shape index (κ3) is 5.57. The minimum Gasteiger partial charge on any atom is -0.463 e. The van der Waals surface area contributed by atoms with E-state index in [4.69, 9.17) is 10.8 Å². The summed E-state index contributed by atoms with van der Waals surface area (Å²) in [4.78, 5) is 10.9. The Morgan fingerprint density at radius 3 is 2.69 bits per heavy atom. The van der Waals surface area contributed by atoms with Crippen LogP contribution >= 0.6 is 0 Å². The van der Waals surface area contributed by atoms with Crippen LogP contribution in [0, 0.1) is 0 Å². The summed E-state index contributed by atoms with van der Waals surface area (Å²) in [6.45, 7) is 1.58. The predicted octanol–water partition coefficient (Wildman–Crippen LogP) is -0.990. The van der Waals surface area contributed by atoms with E-state index in [0.717, 1.165) is 0 Å². The van der Waals surface area contributed by atoms with Crippen molar-refractivity contribution >= 4 is 5.97 Å². The number of esters is 1. The zero-order valence-corrected chi connectivity index (χ0v) is 7.77. The van der Waals surface area contributed by atoms with Crippen LogP contribution in [-0.2, 0) is 9.53 Å². The van der Waals surface area contributed by atoms with Gasteiger partial charge in [0.25, 0.3) is 0 Å². The molecule has 0 bridgehead atoms. The highest BCUT2D eigenvalue weighted by Gasteiger charge is 2.17. The van der Waals surface area contributed by atoms with Crippen LogP contribution in [0.4, 0.5) is 0 Å². The van der Waals surface area contributed by atoms with Gasteiger partial charge in [-0.1, -0.05) is 6.92 Å². The lowest BCUT2D eigenvalue weighted by atomic mass is 10.1. The fraction of sp³-hybridized carbons (Fsp3) is 0.875. The largest absolute Gasteiger partial charge is 0.463 e. The van der Waals surface area contributed by atoms with E-state index in [1.165, 1.54) is 0 Å². The van der Waals surface area contributed by atoms with Crippen molar-refractivity contribution < 1.29 is 19.7 Å². The Hall–Kier alpha value is -0.650. The van der Waals surface area contributed by atoms with E-state index in [1.54, 1.807) is 0 Å². The lowest BCUT2D eigenvalue weighted by Gasteiger charge is -2.15. The third-order valence-electron chi connectivity index (χ3n) is 1.70. The maximum absolute atomic E-state index is 10.9. The van der Waals surface area contributed by atoms with Gasteiger partial charge >= 0.3 is 5.97 Å². The van der Waals surface area contributed by atoms with Crippen molar-refractivity contribution in [2.45, 2.75) is 31.9 Å². The number of nitrogens with two attached hydrogens (primary N) is 1. The second kappa shape index (κ2) is 6.82. The maximum atomic E-state index is 10.9. The van der Waals surface area contributed by atoms with Crippen molar-refractivity contribution in [3.05, 3.63) is 0 Å². The van der Waals surface area contributed by atoms with Gasteiger partial charge in [-0.15, -0.1) is 0 Å². The van der Waals surface area contributed by atoms with Gasteiger partial charge < -0.3 is 20.7 Å². The molecular weight excluding hydrogens is 174 g/mol. The average Bonchev–Trinajstić information content (AvgIpc) is 2.13. The fourth-order valence-electron chi connectivity index (χ4n) is 0.813. The number of ether oxygens (including phenoxy) is 1. The molecule has 0 aromatic carbocycles. The van der Waals surface area contributed by atoms with Gasteiger partial charge in [-0.3, -0.25) is 4.79 Å². The first-order chi connectivity index (χ1) is 6.11. The van der Waals surface area contributed by atoms with Gasteiger partial charge in [0.05, 0.1) is 19.1 Å². The van der Waals surface area contributed by atoms with Gasteiger partial charge in [0, 0.05) is 6.04 Å². The topological polar surface area (TPSA) is 92.8 Å². The molecule has 0 aliphatic heterocycles. The molecular formula is C8H17NO4. The number of hydrogen-bond donors (Lipinski definition) is 3. The van der Waals surface area contributed by atoms with Crippen LogP contribution in [0.5, 0.6) is 0 Å². The molecule has 2 unspecified atom stereocenters. The van der Waals surface area contributed by atoms with Crippen molar-refractivity contribution in [2.24, 2.45) is 5.73 Å². The quantitative estimate of drug-likeness (QED) is 0.469. The standard InChI is InChI=1S/C8H17NO4/c1-2-6(9)7(11)5-8(12)13-4-3-10/h6-7,10-11H,2-5,9H2,1H3. The SMILES string of the molecule is CCC(N)C(O)CC(=O)OCCO. The van der Waals surface area contributed by atoms with Gasteiger partial charge in [-0.25, -0.2) is 0 Å². The van der Waals surface area contributed by atoms with Gasteiger partial charge in [-0.2, -0.15) is 0 Å². The van der Waals surface area contributed by atoms with E-state index in [9.17, 15) is 9.90 Å². The highest BCUT2D eigenvalue weighted by Crippen LogP contribution is 2.01. The van der Waals surface area contributed by atoms with Crippen LogP contribution in [0.3, 0.4) is 0 Å². The Bertz CT molecular complexity index is 151. The van der Waals surface area contributed by atoms with Crippen molar-refractivity contribution in [1.82, 2.24) is 0 Å². The Kier molecular flexibility index (Phi) is 6.48. The summed E-state index contributed by atoms with van der Waals surface area (Å²) in [5, 5.41) is 17.6. The lowest BCUT2D eigenvalue weighted by Crippen LogP contribution is -2.36. The summed E-state index contributed by atoms with van der Waals surface area (Å²) < 4.78 is 4.55. The number of carbonyl (C=O) groups excluding carboxylic acids is 1. The molecule has 0 aromatic rings. The molecule has 0 amide bonds. The van der Waals surface area contributed by atoms with Gasteiger partial charge in [0.1, 0.15) is 6.61 Å². The number of aliphatic hydroxyl groups excluding tert-OH is 2. The Morgan fingerprint density at radius 2 is 2.23 bits per heavy atom. The van der Waals surface area contributed by atoms with Gasteiger partial charge in [-0.05, 0) is 6.42 Å². The highest BCUT2D eigenvalue weighted by atomic mass is 16.5. The lowest BCUT2D eigenvalue weighted by molar-refractivity contribution is -0.147. The van der Waals surface area contributed by atoms with E-state index in [0.29, 0.717) is 6.42 Å². The molecule has 0 radical (unpaired) electrons. The third-order valence-corrected chi connectivity index (χ3v) is 1.70. The first-order valence-corrected chi connectivity index (χ1v) is 4.32. The minimum absolute atomic E-state index is 0.0348. The van der Waals surface area contributed by atoms with Crippen LogP contribution in [0.15, 0.2) is 0 Å². The summed E-state index contributed by atoms with van der Waals surface area (Å²) >= 11 is 0. The first-order valence-electron chi connectivity index (χ1n) is 4.32. The molecule has 5 heteroatoms. The summed E-state index contributed by atoms with van der Waals surface area (Å²) in [6.07, 6.45) is -0.375. The smallest absolute Gasteiger partial charge is 0.308 e. The summed E-state index contributed by atoms with van der Waals surface area (Å²) in [5.74, 6) is -0.537. The minimum atomic E-state index is -0.865. The average molecular weight is 191 g/mol. The molecule has 0 aromatic heterocycles. The monoisotopic (exact) mass is 191 g/mol. The Balaban J connectivity index is 3.64. The number of hydrogen-bond acceptors (Lipinski definition) is 5. The summed E-state index contributed by atoms with van der Waals surface area (Å²) in [6, 6.07) is -0.401. The molecule has 0 aliphatic rings.